The zero-order valence-corrected chi connectivity index (χ0v) is 27.4. The van der Waals surface area contributed by atoms with Gasteiger partial charge in [0.05, 0.1) is 20.6 Å². The van der Waals surface area contributed by atoms with Crippen LogP contribution < -0.4 is 9.62 Å². The third-order valence-electron chi connectivity index (χ3n) is 6.69. The second kappa shape index (κ2) is 15.3. The molecule has 3 aromatic rings. The highest BCUT2D eigenvalue weighted by molar-refractivity contribution is 7.92. The summed E-state index contributed by atoms with van der Waals surface area (Å²) in [6.07, 6.45) is 1.90. The highest BCUT2D eigenvalue weighted by Gasteiger charge is 2.35. The molecule has 3 aromatic carbocycles. The molecule has 1 N–H and O–H groups in total. The van der Waals surface area contributed by atoms with Gasteiger partial charge in [0.25, 0.3) is 10.0 Å². The van der Waals surface area contributed by atoms with Crippen LogP contribution in [0.5, 0.6) is 0 Å². The number of nitrogens with zero attached hydrogens (tertiary/aromatic N) is 2. The number of aryl methyl sites for hydroxylation is 1. The van der Waals surface area contributed by atoms with Gasteiger partial charge in [-0.05, 0) is 56.2 Å². The Morgan fingerprint density at radius 2 is 1.48 bits per heavy atom. The maximum atomic E-state index is 14.2. The lowest BCUT2D eigenvalue weighted by atomic mass is 10.1. The van der Waals surface area contributed by atoms with Crippen molar-refractivity contribution in [1.29, 1.82) is 0 Å². The second-order valence-corrected chi connectivity index (χ2v) is 13.2. The predicted molar refractivity (Wildman–Crippen MR) is 171 cm³/mol. The molecule has 0 fully saturated rings. The van der Waals surface area contributed by atoms with Crippen LogP contribution in [-0.2, 0) is 26.2 Å². The van der Waals surface area contributed by atoms with Crippen LogP contribution in [0.25, 0.3) is 0 Å². The van der Waals surface area contributed by atoms with Crippen molar-refractivity contribution in [3.8, 4) is 0 Å². The van der Waals surface area contributed by atoms with Crippen LogP contribution in [0.4, 0.5) is 5.69 Å². The highest BCUT2D eigenvalue weighted by Crippen LogP contribution is 2.36. The van der Waals surface area contributed by atoms with E-state index in [9.17, 15) is 18.0 Å². The maximum Gasteiger partial charge on any atom is 0.264 e. The van der Waals surface area contributed by atoms with Crippen LogP contribution >= 0.6 is 46.4 Å². The smallest absolute Gasteiger partial charge is 0.264 e. The Bertz CT molecular complexity index is 1500. The molecule has 0 radical (unpaired) electrons. The molecule has 12 heteroatoms. The molecule has 7 nitrogen and oxygen atoms in total. The minimum atomic E-state index is -4.31. The molecule has 0 saturated carbocycles. The fraction of sp³-hybridized carbons (Fsp3) is 0.333. The molecule has 0 bridgehead atoms. The van der Waals surface area contributed by atoms with Crippen molar-refractivity contribution >= 4 is 73.9 Å². The van der Waals surface area contributed by atoms with Gasteiger partial charge in [-0.3, -0.25) is 13.9 Å². The summed E-state index contributed by atoms with van der Waals surface area (Å²) in [5, 5.41) is 3.58. The molecule has 2 amide bonds. The first-order valence-electron chi connectivity index (χ1n) is 13.5. The summed E-state index contributed by atoms with van der Waals surface area (Å²) in [5.41, 5.74) is 1.32. The number of rotatable bonds is 13. The van der Waals surface area contributed by atoms with Crippen molar-refractivity contribution in [1.82, 2.24) is 10.2 Å². The van der Waals surface area contributed by atoms with E-state index in [2.05, 4.69) is 5.32 Å². The topological polar surface area (TPSA) is 86.8 Å². The van der Waals surface area contributed by atoms with E-state index in [0.717, 1.165) is 22.7 Å². The van der Waals surface area contributed by atoms with Crippen molar-refractivity contribution in [3.63, 3.8) is 0 Å². The van der Waals surface area contributed by atoms with Crippen LogP contribution in [0.2, 0.25) is 20.1 Å². The van der Waals surface area contributed by atoms with Gasteiger partial charge in [0.15, 0.2) is 0 Å². The largest absolute Gasteiger partial charge is 0.354 e. The third-order valence-corrected chi connectivity index (χ3v) is 9.98. The molecule has 1 atom stereocenters. The summed E-state index contributed by atoms with van der Waals surface area (Å²) in [4.78, 5) is 28.8. The fourth-order valence-electron chi connectivity index (χ4n) is 4.32. The van der Waals surface area contributed by atoms with E-state index in [-0.39, 0.29) is 39.5 Å². The van der Waals surface area contributed by atoms with Gasteiger partial charge in [0, 0.05) is 28.7 Å². The molecule has 3 rings (SSSR count). The Morgan fingerprint density at radius 3 is 2.07 bits per heavy atom. The maximum absolute atomic E-state index is 14.2. The number of benzene rings is 3. The van der Waals surface area contributed by atoms with Crippen LogP contribution in [0.3, 0.4) is 0 Å². The number of halogens is 4. The Hall–Kier alpha value is -2.49. The molecule has 0 unspecified atom stereocenters. The first kappa shape index (κ1) is 34.0. The van der Waals surface area contributed by atoms with Crippen LogP contribution in [0.1, 0.15) is 44.2 Å². The zero-order chi connectivity index (χ0) is 31.0. The van der Waals surface area contributed by atoms with Gasteiger partial charge < -0.3 is 10.2 Å². The van der Waals surface area contributed by atoms with Crippen molar-refractivity contribution < 1.29 is 18.0 Å². The molecule has 0 saturated heterocycles. The quantitative estimate of drug-likeness (QED) is 0.190. The number of amides is 2. The minimum absolute atomic E-state index is 0.0225. The van der Waals surface area contributed by atoms with Gasteiger partial charge in [0.2, 0.25) is 11.8 Å². The first-order chi connectivity index (χ1) is 19.9. The number of hydrogen-bond acceptors (Lipinski definition) is 4. The summed E-state index contributed by atoms with van der Waals surface area (Å²) in [6.45, 7) is 5.25. The molecule has 0 spiro atoms. The highest BCUT2D eigenvalue weighted by atomic mass is 35.5. The SMILES string of the molecule is CCCCNC(=O)[C@@H](CC)N(Cc1c(Cl)cccc1Cl)C(=O)CN(c1cccc(Cl)c1Cl)S(=O)(=O)c1ccc(C)cc1. The average molecular weight is 673 g/mol. The van der Waals surface area contributed by atoms with Gasteiger partial charge >= 0.3 is 0 Å². The Balaban J connectivity index is 2.12. The number of anilines is 1. The molecule has 42 heavy (non-hydrogen) atoms. The van der Waals surface area contributed by atoms with E-state index in [1.165, 1.54) is 29.2 Å². The van der Waals surface area contributed by atoms with E-state index < -0.39 is 28.5 Å². The number of carbonyl (C=O) groups is 2. The third kappa shape index (κ3) is 8.11. The normalized spacial score (nSPS) is 12.1. The molecule has 0 aliphatic carbocycles. The van der Waals surface area contributed by atoms with Crippen molar-refractivity contribution in [2.75, 3.05) is 17.4 Å². The fourth-order valence-corrected chi connectivity index (χ4v) is 6.71. The van der Waals surface area contributed by atoms with Gasteiger partial charge in [0.1, 0.15) is 12.6 Å². The van der Waals surface area contributed by atoms with Gasteiger partial charge in [-0.2, -0.15) is 0 Å². The minimum Gasteiger partial charge on any atom is -0.354 e. The zero-order valence-electron chi connectivity index (χ0n) is 23.5. The monoisotopic (exact) mass is 671 g/mol. The lowest BCUT2D eigenvalue weighted by molar-refractivity contribution is -0.140. The standard InChI is InChI=1S/C30H33Cl4N3O4S/c1-4-6-17-35-30(39)26(5-2)36(18-22-23(31)9-7-10-24(22)32)28(38)19-37(27-12-8-11-25(33)29(27)34)42(40,41)21-15-13-20(3)14-16-21/h7-16,26H,4-6,17-19H2,1-3H3,(H,35,39)/t26-/m1/s1. The van der Waals surface area contributed by atoms with Crippen LogP contribution in [0, 0.1) is 6.92 Å². The van der Waals surface area contributed by atoms with E-state index in [0.29, 0.717) is 22.2 Å². The predicted octanol–water partition coefficient (Wildman–Crippen LogP) is 7.53. The average Bonchev–Trinajstić information content (AvgIpc) is 2.95. The van der Waals surface area contributed by atoms with Crippen LogP contribution in [0.15, 0.2) is 65.6 Å². The lowest BCUT2D eigenvalue weighted by Crippen LogP contribution is -2.52. The van der Waals surface area contributed by atoms with Gasteiger partial charge in [-0.25, -0.2) is 8.42 Å². The second-order valence-electron chi connectivity index (χ2n) is 9.69. The number of hydrogen-bond donors (Lipinski definition) is 1. The molecule has 226 valence electrons. The lowest BCUT2D eigenvalue weighted by Gasteiger charge is -2.33. The Labute approximate surface area is 267 Å². The molecule has 0 heterocycles. The first-order valence-corrected chi connectivity index (χ1v) is 16.4. The van der Waals surface area contributed by atoms with Crippen molar-refractivity contribution in [2.45, 2.75) is 57.5 Å². The number of sulfonamides is 1. The van der Waals surface area contributed by atoms with E-state index in [1.54, 1.807) is 43.3 Å². The van der Waals surface area contributed by atoms with Crippen LogP contribution in [-0.4, -0.2) is 44.3 Å². The summed E-state index contributed by atoms with van der Waals surface area (Å²) in [6, 6.07) is 14.8. The van der Waals surface area contributed by atoms with Gasteiger partial charge in [-0.1, -0.05) is 96.5 Å². The van der Waals surface area contributed by atoms with Crippen molar-refractivity contribution in [3.05, 3.63) is 91.9 Å². The summed E-state index contributed by atoms with van der Waals surface area (Å²) < 4.78 is 28.9. The number of nitrogens with one attached hydrogen (secondary N) is 1. The molecule has 0 aromatic heterocycles. The Kier molecular flexibility index (Phi) is 12.4. The Morgan fingerprint density at radius 1 is 0.881 bits per heavy atom. The number of carbonyl (C=O) groups excluding carboxylic acids is 2. The molecular formula is C30H33Cl4N3O4S. The number of unbranched alkanes of at least 4 members (excludes halogenated alkanes) is 1. The summed E-state index contributed by atoms with van der Waals surface area (Å²) in [5.74, 6) is -1.02. The van der Waals surface area contributed by atoms with E-state index in [1.807, 2.05) is 13.8 Å². The summed E-state index contributed by atoms with van der Waals surface area (Å²) >= 11 is 25.7. The molecule has 0 aliphatic heterocycles. The van der Waals surface area contributed by atoms with E-state index in [4.69, 9.17) is 46.4 Å². The summed E-state index contributed by atoms with van der Waals surface area (Å²) in [7, 11) is -4.31. The van der Waals surface area contributed by atoms with Gasteiger partial charge in [-0.15, -0.1) is 0 Å². The van der Waals surface area contributed by atoms with Crippen molar-refractivity contribution in [2.24, 2.45) is 0 Å². The molecular weight excluding hydrogens is 640 g/mol. The van der Waals surface area contributed by atoms with E-state index >= 15 is 0 Å². The molecule has 0 aliphatic rings.